The van der Waals surface area contributed by atoms with Crippen molar-refractivity contribution in [2.45, 2.75) is 19.3 Å². The number of fused-ring (bicyclic) bond motifs is 4. The largest absolute Gasteiger partial charge is 0.455 e. The van der Waals surface area contributed by atoms with Crippen molar-refractivity contribution in [3.05, 3.63) is 53.7 Å². The Morgan fingerprint density at radius 3 is 2.67 bits per heavy atom. The Morgan fingerprint density at radius 2 is 1.80 bits per heavy atom. The fourth-order valence-electron chi connectivity index (χ4n) is 5.17. The number of piperazine rings is 1. The van der Waals surface area contributed by atoms with Crippen LogP contribution in [0.3, 0.4) is 0 Å². The van der Waals surface area contributed by atoms with E-state index in [1.165, 1.54) is 27.8 Å². The van der Waals surface area contributed by atoms with Crippen molar-refractivity contribution in [2.24, 2.45) is 7.05 Å². The highest BCUT2D eigenvalue weighted by Crippen LogP contribution is 2.38. The molecule has 1 aromatic heterocycles. The molecule has 0 saturated carbocycles. The predicted octanol–water partition coefficient (Wildman–Crippen LogP) is 3.08. The summed E-state index contributed by atoms with van der Waals surface area (Å²) < 4.78 is 8.58. The van der Waals surface area contributed by atoms with Gasteiger partial charge in [-0.25, -0.2) is 4.90 Å². The van der Waals surface area contributed by atoms with Crippen LogP contribution in [0, 0.1) is 0 Å². The van der Waals surface area contributed by atoms with E-state index in [4.69, 9.17) is 4.74 Å². The standard InChI is InChI=1S/C24H29N5O/c1-26-11-13-28(14-12-26)24-25-20-15-17(7-8-23(20)30-24)29-10-9-19-18-5-3-4-6-21(18)27(2)22(19)16-29/h3-8,15,24-25H,9-14,16H2,1-2H3. The monoisotopic (exact) mass is 403 g/mol. The molecule has 6 heteroatoms. The molecule has 1 unspecified atom stereocenters. The van der Waals surface area contributed by atoms with Gasteiger partial charge in [0, 0.05) is 62.1 Å². The third kappa shape index (κ3) is 2.86. The van der Waals surface area contributed by atoms with E-state index in [1.807, 2.05) is 0 Å². The number of benzene rings is 2. The molecule has 1 saturated heterocycles. The molecule has 1 atom stereocenters. The second-order valence-electron chi connectivity index (χ2n) is 8.81. The maximum absolute atomic E-state index is 6.21. The molecule has 3 aromatic rings. The second-order valence-corrected chi connectivity index (χ2v) is 8.81. The lowest BCUT2D eigenvalue weighted by Gasteiger charge is -2.35. The summed E-state index contributed by atoms with van der Waals surface area (Å²) in [7, 11) is 4.38. The zero-order valence-electron chi connectivity index (χ0n) is 17.8. The van der Waals surface area contributed by atoms with Crippen molar-refractivity contribution in [1.29, 1.82) is 0 Å². The lowest BCUT2D eigenvalue weighted by atomic mass is 10.0. The highest BCUT2D eigenvalue weighted by atomic mass is 16.5. The van der Waals surface area contributed by atoms with Crippen LogP contribution in [-0.2, 0) is 20.0 Å². The first-order valence-electron chi connectivity index (χ1n) is 11.0. The molecule has 4 heterocycles. The second kappa shape index (κ2) is 6.93. The number of hydrogen-bond donors (Lipinski definition) is 1. The molecule has 0 aliphatic carbocycles. The molecule has 0 radical (unpaired) electrons. The van der Waals surface area contributed by atoms with E-state index in [9.17, 15) is 0 Å². The molecule has 156 valence electrons. The van der Waals surface area contributed by atoms with Gasteiger partial charge in [-0.2, -0.15) is 0 Å². The Kier molecular flexibility index (Phi) is 4.18. The third-order valence-electron chi connectivity index (χ3n) is 7.03. The number of likely N-dealkylation sites (N-methyl/N-ethyl adjacent to an activating group) is 1. The number of nitrogens with zero attached hydrogens (tertiary/aromatic N) is 4. The molecule has 0 bridgehead atoms. The third-order valence-corrected chi connectivity index (χ3v) is 7.03. The molecule has 6 rings (SSSR count). The average molecular weight is 404 g/mol. The first-order chi connectivity index (χ1) is 14.7. The van der Waals surface area contributed by atoms with Crippen molar-refractivity contribution in [3.63, 3.8) is 0 Å². The Hall–Kier alpha value is -2.70. The normalized spacial score (nSPS) is 21.9. The van der Waals surface area contributed by atoms with Gasteiger partial charge in [-0.05, 0) is 43.3 Å². The number of ether oxygens (including phenoxy) is 1. The highest BCUT2D eigenvalue weighted by Gasteiger charge is 2.30. The van der Waals surface area contributed by atoms with Gasteiger partial charge in [0.25, 0.3) is 0 Å². The smallest absolute Gasteiger partial charge is 0.230 e. The SMILES string of the molecule is CN1CCN(C2Nc3cc(N4CCc5c(n(C)c6ccccc56)C4)ccc3O2)CC1. The summed E-state index contributed by atoms with van der Waals surface area (Å²) in [6, 6.07) is 15.4. The van der Waals surface area contributed by atoms with Crippen LogP contribution in [-0.4, -0.2) is 60.5 Å². The molecule has 3 aliphatic heterocycles. The van der Waals surface area contributed by atoms with Crippen LogP contribution in [0.5, 0.6) is 5.75 Å². The first kappa shape index (κ1) is 18.1. The van der Waals surface area contributed by atoms with Crippen molar-refractivity contribution in [2.75, 3.05) is 50.0 Å². The summed E-state index contributed by atoms with van der Waals surface area (Å²) in [5.74, 6) is 0.963. The summed E-state index contributed by atoms with van der Waals surface area (Å²) in [6.07, 6.45) is 1.04. The van der Waals surface area contributed by atoms with Gasteiger partial charge < -0.3 is 24.4 Å². The number of hydrogen-bond acceptors (Lipinski definition) is 5. The number of nitrogens with one attached hydrogen (secondary N) is 1. The highest BCUT2D eigenvalue weighted by molar-refractivity contribution is 5.86. The molecule has 2 aromatic carbocycles. The molecule has 0 amide bonds. The van der Waals surface area contributed by atoms with Gasteiger partial charge >= 0.3 is 0 Å². The minimum Gasteiger partial charge on any atom is -0.455 e. The van der Waals surface area contributed by atoms with Gasteiger partial charge in [0.1, 0.15) is 5.75 Å². The Morgan fingerprint density at radius 1 is 0.967 bits per heavy atom. The fourth-order valence-corrected chi connectivity index (χ4v) is 5.17. The molecule has 1 fully saturated rings. The van der Waals surface area contributed by atoms with Gasteiger partial charge in [0.15, 0.2) is 0 Å². The Labute approximate surface area is 177 Å². The number of para-hydroxylation sites is 1. The van der Waals surface area contributed by atoms with Crippen molar-refractivity contribution in [1.82, 2.24) is 14.4 Å². The number of anilines is 2. The minimum atomic E-state index is -0.0462. The summed E-state index contributed by atoms with van der Waals surface area (Å²) in [6.45, 7) is 6.23. The predicted molar refractivity (Wildman–Crippen MR) is 121 cm³/mol. The van der Waals surface area contributed by atoms with Crippen LogP contribution in [0.25, 0.3) is 10.9 Å². The molecule has 30 heavy (non-hydrogen) atoms. The van der Waals surface area contributed by atoms with Gasteiger partial charge in [0.05, 0.1) is 12.2 Å². The number of aryl methyl sites for hydroxylation is 1. The summed E-state index contributed by atoms with van der Waals surface area (Å²) in [5, 5.41) is 5.01. The van der Waals surface area contributed by atoms with Crippen LogP contribution in [0.15, 0.2) is 42.5 Å². The van der Waals surface area contributed by atoms with Gasteiger partial charge in [0.2, 0.25) is 6.35 Å². The van der Waals surface area contributed by atoms with E-state index in [0.29, 0.717) is 0 Å². The molecular weight excluding hydrogens is 374 g/mol. The van der Waals surface area contributed by atoms with Gasteiger partial charge in [-0.1, -0.05) is 18.2 Å². The Bertz CT molecular complexity index is 1100. The van der Waals surface area contributed by atoms with E-state index < -0.39 is 0 Å². The molecule has 6 nitrogen and oxygen atoms in total. The molecule has 1 N–H and O–H groups in total. The van der Waals surface area contributed by atoms with Crippen LogP contribution >= 0.6 is 0 Å². The lowest BCUT2D eigenvalue weighted by molar-refractivity contribution is 0.0248. The maximum atomic E-state index is 6.21. The molecule has 0 spiro atoms. The van der Waals surface area contributed by atoms with E-state index in [0.717, 1.165) is 57.1 Å². The molecular formula is C24H29N5O. The zero-order valence-corrected chi connectivity index (χ0v) is 17.8. The number of rotatable bonds is 2. The summed E-state index contributed by atoms with van der Waals surface area (Å²) in [5.41, 5.74) is 6.66. The van der Waals surface area contributed by atoms with Crippen molar-refractivity contribution < 1.29 is 4.74 Å². The quantitative estimate of drug-likeness (QED) is 0.712. The molecule has 3 aliphatic rings. The first-order valence-corrected chi connectivity index (χ1v) is 11.0. The van der Waals surface area contributed by atoms with Crippen LogP contribution in [0.1, 0.15) is 11.3 Å². The van der Waals surface area contributed by atoms with Gasteiger partial charge in [-0.15, -0.1) is 0 Å². The zero-order chi connectivity index (χ0) is 20.2. The fraction of sp³-hybridized carbons (Fsp3) is 0.417. The minimum absolute atomic E-state index is 0.0462. The van der Waals surface area contributed by atoms with E-state index in [-0.39, 0.29) is 6.35 Å². The van der Waals surface area contributed by atoms with Crippen LogP contribution in [0.4, 0.5) is 11.4 Å². The Balaban J connectivity index is 1.23. The number of aromatic nitrogens is 1. The lowest BCUT2D eigenvalue weighted by Crippen LogP contribution is -2.52. The van der Waals surface area contributed by atoms with E-state index in [2.05, 4.69) is 81.1 Å². The van der Waals surface area contributed by atoms with Crippen molar-refractivity contribution >= 4 is 22.3 Å². The van der Waals surface area contributed by atoms with Crippen molar-refractivity contribution in [3.8, 4) is 5.75 Å². The van der Waals surface area contributed by atoms with E-state index >= 15 is 0 Å². The average Bonchev–Trinajstić information content (AvgIpc) is 3.33. The summed E-state index contributed by atoms with van der Waals surface area (Å²) in [4.78, 5) is 7.25. The van der Waals surface area contributed by atoms with Crippen LogP contribution < -0.4 is 15.0 Å². The van der Waals surface area contributed by atoms with E-state index in [1.54, 1.807) is 0 Å². The summed E-state index contributed by atoms with van der Waals surface area (Å²) >= 11 is 0. The van der Waals surface area contributed by atoms with Crippen LogP contribution in [0.2, 0.25) is 0 Å². The topological polar surface area (TPSA) is 35.9 Å². The maximum Gasteiger partial charge on any atom is 0.230 e. The van der Waals surface area contributed by atoms with Gasteiger partial charge in [-0.3, -0.25) is 0 Å².